The monoisotopic (exact) mass is 524 g/mol. The molecule has 196 valence electrons. The van der Waals surface area contributed by atoms with E-state index in [4.69, 9.17) is 0 Å². The number of amides is 3. The summed E-state index contributed by atoms with van der Waals surface area (Å²) < 4.78 is 70.1. The summed E-state index contributed by atoms with van der Waals surface area (Å²) in [6.07, 6.45) is -3.36. The van der Waals surface area contributed by atoms with Gasteiger partial charge in [-0.25, -0.2) is 23.5 Å². The smallest absolute Gasteiger partial charge is 0.340 e. The zero-order valence-corrected chi connectivity index (χ0v) is 19.8. The normalized spacial score (nSPS) is 15.1. The van der Waals surface area contributed by atoms with Gasteiger partial charge < -0.3 is 10.6 Å². The number of hydrogen-bond acceptors (Lipinski definition) is 5. The maximum absolute atomic E-state index is 14.7. The fraction of sp³-hybridized carbons (Fsp3) is 0.348. The molecule has 3 aromatic heterocycles. The Labute approximate surface area is 206 Å². The van der Waals surface area contributed by atoms with E-state index in [9.17, 15) is 36.3 Å². The van der Waals surface area contributed by atoms with Crippen LogP contribution in [0.5, 0.6) is 0 Å². The van der Waals surface area contributed by atoms with Gasteiger partial charge in [-0.15, -0.1) is 0 Å². The van der Waals surface area contributed by atoms with Crippen LogP contribution in [0, 0.1) is 17.0 Å². The molecule has 2 N–H and O–H groups in total. The molecular weight excluding hydrogens is 503 g/mol. The molecule has 1 fully saturated rings. The Kier molecular flexibility index (Phi) is 6.38. The molecule has 14 heteroatoms. The van der Waals surface area contributed by atoms with Crippen LogP contribution in [0.4, 0.5) is 32.6 Å². The molecule has 1 saturated heterocycles. The summed E-state index contributed by atoms with van der Waals surface area (Å²) in [5.41, 5.74) is -3.43. The average Bonchev–Trinajstić information content (AvgIpc) is 3.22. The number of nitrogens with zero attached hydrogens (tertiary/aromatic N) is 4. The molecule has 1 unspecified atom stereocenters. The summed E-state index contributed by atoms with van der Waals surface area (Å²) in [6.45, 7) is 4.37. The molecule has 0 spiro atoms. The van der Waals surface area contributed by atoms with Gasteiger partial charge in [-0.3, -0.25) is 19.1 Å². The van der Waals surface area contributed by atoms with Crippen molar-refractivity contribution in [2.75, 3.05) is 18.0 Å². The van der Waals surface area contributed by atoms with Gasteiger partial charge in [0.25, 0.3) is 5.91 Å². The Bertz CT molecular complexity index is 1450. The van der Waals surface area contributed by atoms with Gasteiger partial charge in [0, 0.05) is 25.4 Å². The molecule has 1 atom stereocenters. The molecule has 9 nitrogen and oxygen atoms in total. The number of aromatic nitrogens is 3. The summed E-state index contributed by atoms with van der Waals surface area (Å²) >= 11 is 0. The Morgan fingerprint density at radius 3 is 2.43 bits per heavy atom. The molecule has 1 aliphatic rings. The number of alkyl halides is 3. The van der Waals surface area contributed by atoms with E-state index in [1.54, 1.807) is 0 Å². The topological polar surface area (TPSA) is 109 Å². The van der Waals surface area contributed by atoms with Crippen molar-refractivity contribution in [3.8, 4) is 5.82 Å². The summed E-state index contributed by atoms with van der Waals surface area (Å²) in [5.74, 6) is -4.04. The number of hydrogen-bond donors (Lipinski definition) is 2. The molecule has 0 aromatic carbocycles. The van der Waals surface area contributed by atoms with Crippen LogP contribution in [0.25, 0.3) is 16.9 Å². The summed E-state index contributed by atoms with van der Waals surface area (Å²) in [7, 11) is 0. The minimum absolute atomic E-state index is 0.0836. The van der Waals surface area contributed by atoms with Crippen molar-refractivity contribution in [2.45, 2.75) is 33.0 Å². The van der Waals surface area contributed by atoms with Crippen LogP contribution in [0.2, 0.25) is 0 Å². The summed E-state index contributed by atoms with van der Waals surface area (Å²) in [6, 6.07) is 0.242. The first-order valence-electron chi connectivity index (χ1n) is 11.0. The van der Waals surface area contributed by atoms with Gasteiger partial charge in [0.15, 0.2) is 17.3 Å². The van der Waals surface area contributed by atoms with Gasteiger partial charge in [-0.2, -0.15) is 13.2 Å². The van der Waals surface area contributed by atoms with E-state index in [2.05, 4.69) is 15.3 Å². The molecule has 4 heterocycles. The third-order valence-corrected chi connectivity index (χ3v) is 5.70. The first kappa shape index (κ1) is 26.0. The molecular formula is C23H21F5N6O3. The highest BCUT2D eigenvalue weighted by Gasteiger charge is 2.48. The van der Waals surface area contributed by atoms with Gasteiger partial charge in [0.1, 0.15) is 23.2 Å². The van der Waals surface area contributed by atoms with Crippen LogP contribution in [-0.2, 0) is 0 Å². The quantitative estimate of drug-likeness (QED) is 0.510. The lowest BCUT2D eigenvalue weighted by atomic mass is 9.86. The average molecular weight is 524 g/mol. The first-order chi connectivity index (χ1) is 17.2. The molecule has 0 bridgehead atoms. The number of pyridine rings is 3. The van der Waals surface area contributed by atoms with E-state index >= 15 is 0 Å². The molecule has 3 aromatic rings. The number of carbonyl (C=O) groups excluding carboxylic acids is 2. The summed E-state index contributed by atoms with van der Waals surface area (Å²) in [4.78, 5) is 47.5. The highest BCUT2D eigenvalue weighted by atomic mass is 19.4. The predicted molar refractivity (Wildman–Crippen MR) is 123 cm³/mol. The lowest BCUT2D eigenvalue weighted by Gasteiger charge is -2.33. The van der Waals surface area contributed by atoms with Crippen molar-refractivity contribution in [3.63, 3.8) is 0 Å². The zero-order valence-electron chi connectivity index (χ0n) is 19.8. The number of halogens is 5. The van der Waals surface area contributed by atoms with Gasteiger partial charge >= 0.3 is 12.2 Å². The van der Waals surface area contributed by atoms with Crippen LogP contribution in [0.3, 0.4) is 0 Å². The van der Waals surface area contributed by atoms with Crippen LogP contribution < -0.4 is 21.0 Å². The van der Waals surface area contributed by atoms with Gasteiger partial charge in [-0.1, -0.05) is 20.8 Å². The highest BCUT2D eigenvalue weighted by molar-refractivity contribution is 5.98. The van der Waals surface area contributed by atoms with Crippen molar-refractivity contribution in [2.24, 2.45) is 5.41 Å². The minimum Gasteiger partial charge on any atom is -0.340 e. The Hall–Kier alpha value is -4.10. The van der Waals surface area contributed by atoms with Gasteiger partial charge in [-0.05, 0) is 17.5 Å². The van der Waals surface area contributed by atoms with Crippen molar-refractivity contribution < 1.29 is 31.5 Å². The second-order valence-corrected chi connectivity index (χ2v) is 9.44. The van der Waals surface area contributed by atoms with Crippen molar-refractivity contribution >= 4 is 28.8 Å². The Morgan fingerprint density at radius 2 is 1.86 bits per heavy atom. The maximum atomic E-state index is 14.7. The molecule has 3 amide bonds. The lowest BCUT2D eigenvalue weighted by molar-refractivity contribution is -0.174. The molecule has 0 saturated carbocycles. The third kappa shape index (κ3) is 4.95. The van der Waals surface area contributed by atoms with Crippen molar-refractivity contribution in [3.05, 3.63) is 58.0 Å². The largest absolute Gasteiger partial charge is 0.409 e. The van der Waals surface area contributed by atoms with E-state index in [-0.39, 0.29) is 23.4 Å². The number of fused-ring (bicyclic) bond motifs is 1. The number of urea groups is 1. The van der Waals surface area contributed by atoms with Crippen molar-refractivity contribution in [1.82, 2.24) is 25.2 Å². The molecule has 4 rings (SSSR count). The molecule has 1 aliphatic heterocycles. The second-order valence-electron chi connectivity index (χ2n) is 9.44. The fourth-order valence-corrected chi connectivity index (χ4v) is 3.94. The Morgan fingerprint density at radius 1 is 1.16 bits per heavy atom. The third-order valence-electron chi connectivity index (χ3n) is 5.70. The minimum atomic E-state index is -4.83. The Balaban J connectivity index is 1.93. The molecule has 37 heavy (non-hydrogen) atoms. The standard InChI is InChI=1S/C23H21F5N6O3/c1-22(2,3)20(23(26,27)28)32-19(36)13-10-34(18-14(25)8-11(24)9-30-18)17-12(16(13)35)4-5-15(31-17)33-7-6-29-21(33)37/h4-5,8-10,20H,6-7H2,1-3H3,(H,29,37)(H,32,36). The number of anilines is 1. The van der Waals surface area contributed by atoms with E-state index < -0.39 is 58.0 Å². The van der Waals surface area contributed by atoms with Gasteiger partial charge in [0.05, 0.1) is 11.6 Å². The second kappa shape index (κ2) is 9.09. The van der Waals surface area contributed by atoms with E-state index in [1.807, 2.05) is 5.32 Å². The fourth-order valence-electron chi connectivity index (χ4n) is 3.94. The van der Waals surface area contributed by atoms with Crippen LogP contribution in [0.15, 0.2) is 35.4 Å². The maximum Gasteiger partial charge on any atom is 0.409 e. The van der Waals surface area contributed by atoms with Crippen LogP contribution in [-0.4, -0.2) is 51.8 Å². The van der Waals surface area contributed by atoms with Crippen LogP contribution in [0.1, 0.15) is 31.1 Å². The molecule has 0 radical (unpaired) electrons. The number of carbonyl (C=O) groups is 2. The van der Waals surface area contributed by atoms with Crippen LogP contribution >= 0.6 is 0 Å². The summed E-state index contributed by atoms with van der Waals surface area (Å²) in [5, 5.41) is 4.16. The van der Waals surface area contributed by atoms with E-state index in [0.717, 1.165) is 10.8 Å². The van der Waals surface area contributed by atoms with Gasteiger partial charge in [0.2, 0.25) is 5.43 Å². The predicted octanol–water partition coefficient (Wildman–Crippen LogP) is 3.30. The number of rotatable bonds is 4. The van der Waals surface area contributed by atoms with E-state index in [0.29, 0.717) is 18.8 Å². The highest BCUT2D eigenvalue weighted by Crippen LogP contribution is 2.33. The SMILES string of the molecule is CC(C)(C)C(NC(=O)c1cn(-c2ncc(F)cc2F)c2nc(N3CCNC3=O)ccc2c1=O)C(F)(F)F. The van der Waals surface area contributed by atoms with E-state index in [1.165, 1.54) is 37.8 Å². The lowest BCUT2D eigenvalue weighted by Crippen LogP contribution is -2.53. The molecule has 0 aliphatic carbocycles. The van der Waals surface area contributed by atoms with Crippen molar-refractivity contribution in [1.29, 1.82) is 0 Å². The first-order valence-corrected chi connectivity index (χ1v) is 11.0. The number of nitrogens with one attached hydrogen (secondary N) is 2. The zero-order chi connectivity index (χ0) is 27.3.